The maximum absolute atomic E-state index is 14.3. The zero-order chi connectivity index (χ0) is 19.8. The molecule has 2 saturated heterocycles. The molecule has 0 bridgehead atoms. The number of hydrazine groups is 3. The lowest BCUT2D eigenvalue weighted by molar-refractivity contribution is -0.136. The Labute approximate surface area is 165 Å². The lowest BCUT2D eigenvalue weighted by Gasteiger charge is -2.40. The van der Waals surface area contributed by atoms with Crippen LogP contribution in [0.25, 0.3) is 0 Å². The number of likely N-dealkylation sites (N-methyl/N-ethyl adjacent to an activating group) is 2. The van der Waals surface area contributed by atoms with Crippen molar-refractivity contribution >= 4 is 28.9 Å². The van der Waals surface area contributed by atoms with Crippen molar-refractivity contribution in [1.82, 2.24) is 36.6 Å². The number of amidine groups is 1. The molecule has 2 atom stereocenters. The highest BCUT2D eigenvalue weighted by Crippen LogP contribution is 2.32. The fraction of sp³-hybridized carbons (Fsp3) is 0.438. The average Bonchev–Trinajstić information content (AvgIpc) is 3.33. The quantitative estimate of drug-likeness (QED) is 0.523. The molecule has 10 nitrogen and oxygen atoms in total. The Kier molecular flexibility index (Phi) is 5.21. The highest BCUT2D eigenvalue weighted by molar-refractivity contribution is 8.13. The van der Waals surface area contributed by atoms with Crippen molar-refractivity contribution in [2.24, 2.45) is 4.99 Å². The van der Waals surface area contributed by atoms with E-state index >= 15 is 0 Å². The minimum Gasteiger partial charge on any atom is -0.331 e. The molecule has 3 heterocycles. The summed E-state index contributed by atoms with van der Waals surface area (Å²) in [6.45, 7) is 0.184. The van der Waals surface area contributed by atoms with Gasteiger partial charge in [-0.25, -0.2) is 25.0 Å². The average molecular weight is 408 g/mol. The van der Waals surface area contributed by atoms with Crippen LogP contribution in [0.5, 0.6) is 0 Å². The molecular formula is C16H21FN8O2S. The predicted octanol–water partition coefficient (Wildman–Crippen LogP) is -0.608. The summed E-state index contributed by atoms with van der Waals surface area (Å²) in [6.07, 6.45) is -0.699. The second-order valence-electron chi connectivity index (χ2n) is 6.68. The number of rotatable bonds is 4. The third kappa shape index (κ3) is 3.33. The fourth-order valence-electron chi connectivity index (χ4n) is 3.36. The first kappa shape index (κ1) is 19.1. The van der Waals surface area contributed by atoms with Crippen molar-refractivity contribution in [2.75, 3.05) is 19.8 Å². The maximum Gasteiger partial charge on any atom is 0.328 e. The van der Waals surface area contributed by atoms with Gasteiger partial charge in [0.15, 0.2) is 17.4 Å². The lowest BCUT2D eigenvalue weighted by Crippen LogP contribution is -2.63. The number of nitrogens with one attached hydrogen (secondary N) is 4. The zero-order valence-corrected chi connectivity index (χ0v) is 16.2. The molecule has 1 aromatic carbocycles. The molecule has 0 aromatic heterocycles. The molecule has 1 aromatic rings. The van der Waals surface area contributed by atoms with Crippen LogP contribution in [0.4, 0.5) is 9.18 Å². The number of fused-ring (bicyclic) bond motifs is 1. The minimum atomic E-state index is -0.685. The molecule has 28 heavy (non-hydrogen) atoms. The number of hydrogen-bond acceptors (Lipinski definition) is 9. The topological polar surface area (TPSA) is 104 Å². The van der Waals surface area contributed by atoms with Gasteiger partial charge in [-0.1, -0.05) is 30.0 Å². The van der Waals surface area contributed by atoms with E-state index in [0.717, 1.165) is 4.90 Å². The number of benzene rings is 1. The molecule has 0 spiro atoms. The van der Waals surface area contributed by atoms with Gasteiger partial charge in [0.2, 0.25) is 0 Å². The van der Waals surface area contributed by atoms with Crippen LogP contribution in [-0.2, 0) is 11.3 Å². The highest BCUT2D eigenvalue weighted by atomic mass is 32.2. The van der Waals surface area contributed by atoms with E-state index in [2.05, 4.69) is 26.9 Å². The number of imide groups is 1. The molecule has 0 aliphatic carbocycles. The molecule has 4 N–H and O–H groups in total. The van der Waals surface area contributed by atoms with Gasteiger partial charge in [0.1, 0.15) is 5.82 Å². The summed E-state index contributed by atoms with van der Waals surface area (Å²) in [4.78, 5) is 34.1. The minimum absolute atomic E-state index is 0.0663. The van der Waals surface area contributed by atoms with Gasteiger partial charge in [0.05, 0.1) is 6.17 Å². The number of carbonyl (C=O) groups excluding carboxylic acids is 2. The van der Waals surface area contributed by atoms with Crippen LogP contribution in [0.3, 0.4) is 0 Å². The first-order valence-corrected chi connectivity index (χ1v) is 9.72. The molecule has 4 rings (SSSR count). The van der Waals surface area contributed by atoms with Gasteiger partial charge >= 0.3 is 6.03 Å². The molecule has 3 amide bonds. The fourth-order valence-corrected chi connectivity index (χ4v) is 4.37. The largest absolute Gasteiger partial charge is 0.331 e. The van der Waals surface area contributed by atoms with Crippen molar-refractivity contribution < 1.29 is 14.0 Å². The monoisotopic (exact) mass is 408 g/mol. The van der Waals surface area contributed by atoms with Gasteiger partial charge < -0.3 is 9.80 Å². The Morgan fingerprint density at radius 1 is 1.18 bits per heavy atom. The van der Waals surface area contributed by atoms with Crippen LogP contribution in [0.1, 0.15) is 5.56 Å². The summed E-state index contributed by atoms with van der Waals surface area (Å²) in [7, 11) is 3.07. The Balaban J connectivity index is 1.62. The van der Waals surface area contributed by atoms with Crippen LogP contribution < -0.4 is 21.9 Å². The molecule has 3 aliphatic rings. The Bertz CT molecular complexity index is 818. The van der Waals surface area contributed by atoms with E-state index in [0.29, 0.717) is 16.5 Å². The summed E-state index contributed by atoms with van der Waals surface area (Å²) in [5.74, 6) is -0.0959. The number of nitrogens with zero attached hydrogens (tertiary/aromatic N) is 4. The Hall–Kier alpha value is -2.25. The molecule has 0 saturated carbocycles. The van der Waals surface area contributed by atoms with E-state index in [4.69, 9.17) is 0 Å². The smallest absolute Gasteiger partial charge is 0.328 e. The second kappa shape index (κ2) is 7.64. The number of urea groups is 1. The van der Waals surface area contributed by atoms with Gasteiger partial charge in [0, 0.05) is 32.0 Å². The van der Waals surface area contributed by atoms with Crippen LogP contribution in [-0.4, -0.2) is 70.0 Å². The summed E-state index contributed by atoms with van der Waals surface area (Å²) in [5, 5.41) is 0.594. The van der Waals surface area contributed by atoms with E-state index in [1.807, 2.05) is 0 Å². The van der Waals surface area contributed by atoms with E-state index in [1.165, 1.54) is 29.8 Å². The van der Waals surface area contributed by atoms with Crippen molar-refractivity contribution in [3.05, 3.63) is 35.6 Å². The summed E-state index contributed by atoms with van der Waals surface area (Å²) < 4.78 is 14.3. The van der Waals surface area contributed by atoms with Crippen LogP contribution in [0.15, 0.2) is 29.3 Å². The number of thioether (sulfide) groups is 1. The normalized spacial score (nSPS) is 25.5. The van der Waals surface area contributed by atoms with Crippen molar-refractivity contribution in [1.29, 1.82) is 0 Å². The molecule has 150 valence electrons. The van der Waals surface area contributed by atoms with E-state index < -0.39 is 18.2 Å². The van der Waals surface area contributed by atoms with E-state index in [9.17, 15) is 14.0 Å². The standard InChI is InChI=1S/C16H21FN8O2S/c1-23-13-12(14(26)24(2)16(23)27)25(7-9-5-3-4-6-10(9)17)15(18-13)28-8-11-19-21-22-20-11/h3-6,11-13,19-22H,7-8H2,1-2H3. The highest BCUT2D eigenvalue weighted by Gasteiger charge is 2.51. The lowest BCUT2D eigenvalue weighted by atomic mass is 10.1. The third-order valence-corrected chi connectivity index (χ3v) is 6.01. The third-order valence-electron chi connectivity index (χ3n) is 4.91. The number of hydrogen-bond donors (Lipinski definition) is 4. The van der Waals surface area contributed by atoms with Gasteiger partial charge in [-0.3, -0.25) is 9.69 Å². The zero-order valence-electron chi connectivity index (χ0n) is 15.3. The summed E-state index contributed by atoms with van der Waals surface area (Å²) in [6, 6.07) is 5.37. The number of carbonyl (C=O) groups is 2. The second-order valence-corrected chi connectivity index (χ2v) is 7.67. The van der Waals surface area contributed by atoms with Gasteiger partial charge in [0.25, 0.3) is 5.91 Å². The summed E-state index contributed by atoms with van der Waals surface area (Å²) in [5.41, 5.74) is 11.9. The van der Waals surface area contributed by atoms with Crippen molar-refractivity contribution in [2.45, 2.75) is 24.9 Å². The Morgan fingerprint density at radius 2 is 1.89 bits per heavy atom. The SMILES string of the molecule is CN1C(=O)C2C(N=C(SCC3NNNN3)N2Cc2ccccc2F)N(C)C1=O. The van der Waals surface area contributed by atoms with Crippen LogP contribution in [0.2, 0.25) is 0 Å². The number of amides is 3. The predicted molar refractivity (Wildman–Crippen MR) is 102 cm³/mol. The first-order valence-electron chi connectivity index (χ1n) is 8.73. The molecule has 0 radical (unpaired) electrons. The molecule has 2 unspecified atom stereocenters. The van der Waals surface area contributed by atoms with E-state index in [-0.39, 0.29) is 24.4 Å². The summed E-state index contributed by atoms with van der Waals surface area (Å²) >= 11 is 1.43. The molecule has 2 fully saturated rings. The first-order chi connectivity index (χ1) is 13.5. The van der Waals surface area contributed by atoms with Crippen molar-refractivity contribution in [3.8, 4) is 0 Å². The molecule has 12 heteroatoms. The maximum atomic E-state index is 14.3. The molecule has 3 aliphatic heterocycles. The van der Waals surface area contributed by atoms with Crippen LogP contribution >= 0.6 is 11.8 Å². The number of aliphatic imine (C=N–C) groups is 1. The number of halogens is 1. The van der Waals surface area contributed by atoms with Gasteiger partial charge in [-0.05, 0) is 6.07 Å². The van der Waals surface area contributed by atoms with Gasteiger partial charge in [-0.2, -0.15) is 11.1 Å². The van der Waals surface area contributed by atoms with Crippen molar-refractivity contribution in [3.63, 3.8) is 0 Å². The Morgan fingerprint density at radius 3 is 2.61 bits per heavy atom. The van der Waals surface area contributed by atoms with Gasteiger partial charge in [-0.15, -0.1) is 0 Å². The van der Waals surface area contributed by atoms with Crippen LogP contribution in [0, 0.1) is 5.82 Å². The van der Waals surface area contributed by atoms with E-state index in [1.54, 1.807) is 30.1 Å². The molecular weight excluding hydrogens is 387 g/mol.